The Morgan fingerprint density at radius 3 is 2.49 bits per heavy atom. The molecule has 5 nitrogen and oxygen atoms in total. The average molecular weight is 477 g/mol. The highest BCUT2D eigenvalue weighted by Crippen LogP contribution is 2.38. The van der Waals surface area contributed by atoms with Crippen molar-refractivity contribution in [1.82, 2.24) is 4.98 Å². The summed E-state index contributed by atoms with van der Waals surface area (Å²) in [4.78, 5) is 18.6. The van der Waals surface area contributed by atoms with Crippen molar-refractivity contribution < 1.29 is 22.7 Å². The number of morpholine rings is 1. The van der Waals surface area contributed by atoms with Gasteiger partial charge in [-0.2, -0.15) is 13.2 Å². The minimum Gasteiger partial charge on any atom is -0.378 e. The van der Waals surface area contributed by atoms with Crippen LogP contribution in [0.1, 0.15) is 15.9 Å². The van der Waals surface area contributed by atoms with E-state index < -0.39 is 17.6 Å². The Balaban J connectivity index is 1.37. The number of anilines is 2. The molecule has 0 aliphatic carbocycles. The van der Waals surface area contributed by atoms with Crippen LogP contribution in [0.4, 0.5) is 24.5 Å². The number of hydrogen-bond donors (Lipinski definition) is 1. The number of ether oxygens (including phenoxy) is 1. The maximum absolute atomic E-state index is 13.8. The van der Waals surface area contributed by atoms with Gasteiger partial charge in [0.1, 0.15) is 0 Å². The Morgan fingerprint density at radius 2 is 1.74 bits per heavy atom. The van der Waals surface area contributed by atoms with Gasteiger partial charge < -0.3 is 15.0 Å². The number of rotatable bonds is 4. The predicted octanol–water partition coefficient (Wildman–Crippen LogP) is 6.01. The lowest BCUT2D eigenvalue weighted by molar-refractivity contribution is -0.137. The highest BCUT2D eigenvalue weighted by molar-refractivity contribution is 6.05. The normalized spacial score (nSPS) is 14.2. The van der Waals surface area contributed by atoms with Gasteiger partial charge in [0.25, 0.3) is 5.91 Å². The molecule has 1 N–H and O–H groups in total. The molecule has 0 bridgehead atoms. The van der Waals surface area contributed by atoms with E-state index in [1.54, 1.807) is 29.4 Å². The maximum atomic E-state index is 13.8. The second-order valence-electron chi connectivity index (χ2n) is 8.26. The number of halogens is 3. The molecule has 1 amide bonds. The Bertz CT molecular complexity index is 1360. The first-order valence-corrected chi connectivity index (χ1v) is 11.2. The first kappa shape index (κ1) is 22.9. The topological polar surface area (TPSA) is 54.5 Å². The van der Waals surface area contributed by atoms with E-state index in [0.717, 1.165) is 28.0 Å². The molecule has 8 heteroatoms. The summed E-state index contributed by atoms with van der Waals surface area (Å²) in [5.74, 6) is -0.604. The molecule has 35 heavy (non-hydrogen) atoms. The summed E-state index contributed by atoms with van der Waals surface area (Å²) < 4.78 is 46.6. The third-order valence-corrected chi connectivity index (χ3v) is 6.05. The molecule has 1 saturated heterocycles. The van der Waals surface area contributed by atoms with E-state index in [1.807, 2.05) is 36.4 Å². The van der Waals surface area contributed by atoms with Gasteiger partial charge in [-0.1, -0.05) is 30.3 Å². The zero-order valence-corrected chi connectivity index (χ0v) is 18.7. The number of alkyl halides is 3. The van der Waals surface area contributed by atoms with Crippen molar-refractivity contribution in [3.8, 4) is 11.1 Å². The molecule has 1 fully saturated rings. The van der Waals surface area contributed by atoms with Gasteiger partial charge in [-0.05, 0) is 52.9 Å². The third-order valence-electron chi connectivity index (χ3n) is 6.05. The fraction of sp³-hybridized carbons (Fsp3) is 0.185. The fourth-order valence-electron chi connectivity index (χ4n) is 4.30. The second kappa shape index (κ2) is 9.38. The van der Waals surface area contributed by atoms with E-state index in [9.17, 15) is 18.0 Å². The van der Waals surface area contributed by atoms with E-state index in [0.29, 0.717) is 32.0 Å². The van der Waals surface area contributed by atoms with Gasteiger partial charge in [-0.25, -0.2) is 0 Å². The van der Waals surface area contributed by atoms with Crippen LogP contribution in [0.2, 0.25) is 0 Å². The SMILES string of the molecule is O=C(Nc1ccc(-c2cccc3cnccc23)cc1)c1ccc(N2CCOCC2)c(C(F)(F)F)c1. The molecule has 4 aromatic rings. The maximum Gasteiger partial charge on any atom is 0.418 e. The number of aromatic nitrogens is 1. The van der Waals surface area contributed by atoms with Crippen molar-refractivity contribution in [3.63, 3.8) is 0 Å². The number of pyridine rings is 1. The van der Waals surface area contributed by atoms with Crippen molar-refractivity contribution >= 4 is 28.1 Å². The number of nitrogens with one attached hydrogen (secondary N) is 1. The molecule has 0 spiro atoms. The summed E-state index contributed by atoms with van der Waals surface area (Å²) in [5.41, 5.74) is 1.65. The van der Waals surface area contributed by atoms with E-state index in [1.165, 1.54) is 12.1 Å². The van der Waals surface area contributed by atoms with Crippen LogP contribution < -0.4 is 10.2 Å². The number of amides is 1. The van der Waals surface area contributed by atoms with Crippen molar-refractivity contribution in [3.05, 3.63) is 90.3 Å². The average Bonchev–Trinajstić information content (AvgIpc) is 2.88. The number of hydrogen-bond acceptors (Lipinski definition) is 4. The van der Waals surface area contributed by atoms with Crippen molar-refractivity contribution in [2.24, 2.45) is 0 Å². The van der Waals surface area contributed by atoms with Crippen LogP contribution in [0.25, 0.3) is 21.9 Å². The summed E-state index contributed by atoms with van der Waals surface area (Å²) in [5, 5.41) is 4.77. The summed E-state index contributed by atoms with van der Waals surface area (Å²) >= 11 is 0. The zero-order valence-electron chi connectivity index (χ0n) is 18.7. The second-order valence-corrected chi connectivity index (χ2v) is 8.26. The highest BCUT2D eigenvalue weighted by Gasteiger charge is 2.36. The van der Waals surface area contributed by atoms with Crippen LogP contribution in [-0.2, 0) is 10.9 Å². The zero-order chi connectivity index (χ0) is 24.4. The van der Waals surface area contributed by atoms with Crippen LogP contribution in [0.3, 0.4) is 0 Å². The van der Waals surface area contributed by atoms with E-state index in [4.69, 9.17) is 4.74 Å². The van der Waals surface area contributed by atoms with Gasteiger partial charge in [0, 0.05) is 47.8 Å². The molecule has 5 rings (SSSR count). The Hall–Kier alpha value is -3.91. The molecule has 1 aliphatic rings. The number of carbonyl (C=O) groups excluding carboxylic acids is 1. The van der Waals surface area contributed by atoms with E-state index in [2.05, 4.69) is 10.3 Å². The molecule has 0 saturated carbocycles. The van der Waals surface area contributed by atoms with E-state index >= 15 is 0 Å². The highest BCUT2D eigenvalue weighted by atomic mass is 19.4. The first-order valence-electron chi connectivity index (χ1n) is 11.2. The molecule has 0 atom stereocenters. The molecule has 178 valence electrons. The molecule has 3 aromatic carbocycles. The minimum atomic E-state index is -4.58. The number of nitrogens with zero attached hydrogens (tertiary/aromatic N) is 2. The first-order chi connectivity index (χ1) is 16.9. The fourth-order valence-corrected chi connectivity index (χ4v) is 4.30. The van der Waals surface area contributed by atoms with Crippen LogP contribution >= 0.6 is 0 Å². The lowest BCUT2D eigenvalue weighted by atomic mass is 9.99. The van der Waals surface area contributed by atoms with Crippen LogP contribution in [0.15, 0.2) is 79.1 Å². The number of benzene rings is 3. The van der Waals surface area contributed by atoms with Crippen molar-refractivity contribution in [2.45, 2.75) is 6.18 Å². The van der Waals surface area contributed by atoms with Gasteiger partial charge in [-0.15, -0.1) is 0 Å². The quantitative estimate of drug-likeness (QED) is 0.391. The smallest absolute Gasteiger partial charge is 0.378 e. The molecular formula is C27H22F3N3O2. The largest absolute Gasteiger partial charge is 0.418 e. The monoisotopic (exact) mass is 477 g/mol. The molecule has 1 aromatic heterocycles. The third kappa shape index (κ3) is 4.83. The lowest BCUT2D eigenvalue weighted by Gasteiger charge is -2.31. The Kier molecular flexibility index (Phi) is 6.13. The van der Waals surface area contributed by atoms with Crippen LogP contribution in [0.5, 0.6) is 0 Å². The van der Waals surface area contributed by atoms with Crippen molar-refractivity contribution in [1.29, 1.82) is 0 Å². The van der Waals surface area contributed by atoms with Gasteiger partial charge in [-0.3, -0.25) is 9.78 Å². The van der Waals surface area contributed by atoms with Crippen molar-refractivity contribution in [2.75, 3.05) is 36.5 Å². The number of carbonyl (C=O) groups is 1. The summed E-state index contributed by atoms with van der Waals surface area (Å²) in [6.07, 6.45) is -1.05. The number of fused-ring (bicyclic) bond motifs is 1. The summed E-state index contributed by atoms with van der Waals surface area (Å²) in [6, 6.07) is 18.8. The minimum absolute atomic E-state index is 0.0556. The molecule has 2 heterocycles. The van der Waals surface area contributed by atoms with Crippen LogP contribution in [0, 0.1) is 0 Å². The summed E-state index contributed by atoms with van der Waals surface area (Å²) in [7, 11) is 0. The lowest BCUT2D eigenvalue weighted by Crippen LogP contribution is -2.37. The predicted molar refractivity (Wildman–Crippen MR) is 130 cm³/mol. The summed E-state index contributed by atoms with van der Waals surface area (Å²) in [6.45, 7) is 1.47. The Morgan fingerprint density at radius 1 is 0.971 bits per heavy atom. The van der Waals surface area contributed by atoms with Gasteiger partial charge in [0.2, 0.25) is 0 Å². The van der Waals surface area contributed by atoms with Gasteiger partial charge in [0.15, 0.2) is 0 Å². The van der Waals surface area contributed by atoms with E-state index in [-0.39, 0.29) is 11.3 Å². The molecule has 0 unspecified atom stereocenters. The standard InChI is InChI=1S/C27H22F3N3O2/c28-27(29,30)24-16-19(6-9-25(24)33-12-14-35-15-13-33)26(34)32-21-7-4-18(5-8-21)22-3-1-2-20-17-31-11-10-23(20)22/h1-11,16-17H,12-15H2,(H,32,34). The van der Waals surface area contributed by atoms with Crippen LogP contribution in [-0.4, -0.2) is 37.2 Å². The Labute approximate surface area is 200 Å². The van der Waals surface area contributed by atoms with Gasteiger partial charge in [0.05, 0.1) is 18.8 Å². The molecule has 1 aliphatic heterocycles. The molecular weight excluding hydrogens is 455 g/mol. The van der Waals surface area contributed by atoms with Gasteiger partial charge >= 0.3 is 6.18 Å². The molecule has 0 radical (unpaired) electrons.